The summed E-state index contributed by atoms with van der Waals surface area (Å²) in [7, 11) is 1.90. The third-order valence-electron chi connectivity index (χ3n) is 3.17. The van der Waals surface area contributed by atoms with Crippen molar-refractivity contribution in [1.29, 1.82) is 0 Å². The summed E-state index contributed by atoms with van der Waals surface area (Å²) in [5.41, 5.74) is 2.04. The Balaban J connectivity index is 1.50. The number of nitrogens with one attached hydrogen (secondary N) is 1. The van der Waals surface area contributed by atoms with Crippen molar-refractivity contribution < 1.29 is 4.52 Å². The second-order valence-electron chi connectivity index (χ2n) is 4.97. The summed E-state index contributed by atoms with van der Waals surface area (Å²) < 4.78 is 7.04. The Bertz CT molecular complexity index is 734. The van der Waals surface area contributed by atoms with Gasteiger partial charge < -0.3 is 9.84 Å². The number of benzene rings is 1. The molecule has 6 nitrogen and oxygen atoms in total. The van der Waals surface area contributed by atoms with Crippen molar-refractivity contribution in [2.75, 3.05) is 6.54 Å². The highest BCUT2D eigenvalue weighted by Crippen LogP contribution is 2.18. The highest BCUT2D eigenvalue weighted by atomic mass is 35.5. The molecule has 22 heavy (non-hydrogen) atoms. The monoisotopic (exact) mass is 317 g/mol. The predicted octanol–water partition coefficient (Wildman–Crippen LogP) is 2.46. The van der Waals surface area contributed by atoms with E-state index in [1.54, 1.807) is 4.68 Å². The molecule has 0 saturated heterocycles. The summed E-state index contributed by atoms with van der Waals surface area (Å²) in [5, 5.41) is 12.1. The molecule has 0 atom stereocenters. The summed E-state index contributed by atoms with van der Waals surface area (Å²) in [6.07, 6.45) is 4.51. The first-order valence-electron chi connectivity index (χ1n) is 6.97. The van der Waals surface area contributed by atoms with Gasteiger partial charge in [-0.2, -0.15) is 10.1 Å². The Labute approximate surface area is 133 Å². The maximum atomic E-state index is 5.86. The maximum absolute atomic E-state index is 5.86. The molecule has 3 aromatic rings. The van der Waals surface area contributed by atoms with E-state index >= 15 is 0 Å². The van der Waals surface area contributed by atoms with E-state index in [1.807, 2.05) is 43.7 Å². The summed E-state index contributed by atoms with van der Waals surface area (Å²) in [4.78, 5) is 4.38. The molecule has 0 aliphatic rings. The lowest BCUT2D eigenvalue weighted by molar-refractivity contribution is 0.376. The third-order valence-corrected chi connectivity index (χ3v) is 3.43. The fourth-order valence-electron chi connectivity index (χ4n) is 2.06. The average molecular weight is 318 g/mol. The number of hydrogen-bond donors (Lipinski definition) is 1. The number of halogens is 1. The molecule has 114 valence electrons. The van der Waals surface area contributed by atoms with Crippen molar-refractivity contribution in [1.82, 2.24) is 25.2 Å². The summed E-state index contributed by atoms with van der Waals surface area (Å²) in [6, 6.07) is 7.36. The molecule has 7 heteroatoms. The molecule has 0 amide bonds. The lowest BCUT2D eigenvalue weighted by atomic mass is 10.2. The largest absolute Gasteiger partial charge is 0.339 e. The molecule has 0 unspecified atom stereocenters. The van der Waals surface area contributed by atoms with Gasteiger partial charge in [-0.15, -0.1) is 0 Å². The number of rotatable bonds is 6. The molecular weight excluding hydrogens is 302 g/mol. The summed E-state index contributed by atoms with van der Waals surface area (Å²) >= 11 is 5.86. The molecule has 1 aromatic carbocycles. The molecule has 2 aromatic heterocycles. The van der Waals surface area contributed by atoms with Gasteiger partial charge in [-0.1, -0.05) is 16.8 Å². The summed E-state index contributed by atoms with van der Waals surface area (Å²) in [6.45, 7) is 1.53. The van der Waals surface area contributed by atoms with E-state index in [1.165, 1.54) is 0 Å². The van der Waals surface area contributed by atoms with Crippen molar-refractivity contribution in [2.24, 2.45) is 7.05 Å². The average Bonchev–Trinajstić information content (AvgIpc) is 3.14. The van der Waals surface area contributed by atoms with Crippen LogP contribution in [0.25, 0.3) is 11.4 Å². The van der Waals surface area contributed by atoms with Crippen molar-refractivity contribution in [3.8, 4) is 11.4 Å². The van der Waals surface area contributed by atoms with Gasteiger partial charge in [0.05, 0.1) is 6.20 Å². The zero-order valence-corrected chi connectivity index (χ0v) is 12.9. The zero-order chi connectivity index (χ0) is 15.4. The second kappa shape index (κ2) is 6.72. The summed E-state index contributed by atoms with van der Waals surface area (Å²) in [5.74, 6) is 1.20. The normalized spacial score (nSPS) is 11.0. The molecule has 0 aliphatic carbocycles. The first kappa shape index (κ1) is 14.7. The zero-order valence-electron chi connectivity index (χ0n) is 12.2. The van der Waals surface area contributed by atoms with Gasteiger partial charge in [-0.05, 0) is 24.3 Å². The van der Waals surface area contributed by atoms with E-state index in [9.17, 15) is 0 Å². The van der Waals surface area contributed by atoms with Crippen LogP contribution < -0.4 is 5.32 Å². The lowest BCUT2D eigenvalue weighted by Gasteiger charge is -1.99. The van der Waals surface area contributed by atoms with Gasteiger partial charge in [0.25, 0.3) is 0 Å². The van der Waals surface area contributed by atoms with Gasteiger partial charge in [0.15, 0.2) is 0 Å². The van der Waals surface area contributed by atoms with Crippen LogP contribution in [0.3, 0.4) is 0 Å². The minimum atomic E-state index is 0.582. The van der Waals surface area contributed by atoms with Crippen LogP contribution in [0, 0.1) is 0 Å². The Hall–Kier alpha value is -2.18. The minimum absolute atomic E-state index is 0.582. The first-order valence-corrected chi connectivity index (χ1v) is 7.35. The smallest absolute Gasteiger partial charge is 0.228 e. The van der Waals surface area contributed by atoms with E-state index in [2.05, 4.69) is 20.6 Å². The van der Waals surface area contributed by atoms with Crippen molar-refractivity contribution in [3.63, 3.8) is 0 Å². The molecule has 1 N–H and O–H groups in total. The lowest BCUT2D eigenvalue weighted by Crippen LogP contribution is -2.16. The molecule has 0 fully saturated rings. The van der Waals surface area contributed by atoms with E-state index < -0.39 is 0 Å². The number of aromatic nitrogens is 4. The van der Waals surface area contributed by atoms with Crippen LogP contribution in [0.1, 0.15) is 11.5 Å². The van der Waals surface area contributed by atoms with Crippen LogP contribution in [0.15, 0.2) is 41.2 Å². The van der Waals surface area contributed by atoms with Crippen LogP contribution in [0.5, 0.6) is 0 Å². The Morgan fingerprint density at radius 3 is 2.82 bits per heavy atom. The van der Waals surface area contributed by atoms with E-state index in [0.717, 1.165) is 24.2 Å². The van der Waals surface area contributed by atoms with Crippen molar-refractivity contribution in [3.05, 3.63) is 53.1 Å². The van der Waals surface area contributed by atoms with Crippen LogP contribution in [0.2, 0.25) is 5.02 Å². The Morgan fingerprint density at radius 2 is 2.09 bits per heavy atom. The second-order valence-corrected chi connectivity index (χ2v) is 5.40. The Kier molecular flexibility index (Phi) is 4.50. The molecule has 0 bridgehead atoms. The highest BCUT2D eigenvalue weighted by Gasteiger charge is 2.08. The van der Waals surface area contributed by atoms with Crippen molar-refractivity contribution in [2.45, 2.75) is 13.0 Å². The van der Waals surface area contributed by atoms with E-state index in [4.69, 9.17) is 16.1 Å². The van der Waals surface area contributed by atoms with Gasteiger partial charge in [-0.3, -0.25) is 4.68 Å². The van der Waals surface area contributed by atoms with Crippen LogP contribution in [-0.2, 0) is 20.0 Å². The predicted molar refractivity (Wildman–Crippen MR) is 83.4 cm³/mol. The fraction of sp³-hybridized carbons (Fsp3) is 0.267. The molecule has 0 aliphatic heterocycles. The molecule has 0 saturated carbocycles. The fourth-order valence-corrected chi connectivity index (χ4v) is 2.19. The number of hydrogen-bond acceptors (Lipinski definition) is 5. The quantitative estimate of drug-likeness (QED) is 0.707. The van der Waals surface area contributed by atoms with Gasteiger partial charge >= 0.3 is 0 Å². The van der Waals surface area contributed by atoms with Crippen LogP contribution in [0.4, 0.5) is 0 Å². The first-order chi connectivity index (χ1) is 10.7. The minimum Gasteiger partial charge on any atom is -0.339 e. The number of aryl methyl sites for hydroxylation is 1. The van der Waals surface area contributed by atoms with E-state index in [0.29, 0.717) is 23.2 Å². The van der Waals surface area contributed by atoms with Crippen LogP contribution in [-0.4, -0.2) is 26.5 Å². The van der Waals surface area contributed by atoms with Gasteiger partial charge in [0.2, 0.25) is 11.7 Å². The Morgan fingerprint density at radius 1 is 1.27 bits per heavy atom. The van der Waals surface area contributed by atoms with Gasteiger partial charge in [0.1, 0.15) is 0 Å². The molecule has 0 spiro atoms. The van der Waals surface area contributed by atoms with Gasteiger partial charge in [0, 0.05) is 48.9 Å². The molecule has 2 heterocycles. The molecule has 0 radical (unpaired) electrons. The molecular formula is C15H16ClN5O. The van der Waals surface area contributed by atoms with Crippen molar-refractivity contribution >= 4 is 11.6 Å². The maximum Gasteiger partial charge on any atom is 0.228 e. The third kappa shape index (κ3) is 3.72. The molecule has 3 rings (SSSR count). The van der Waals surface area contributed by atoms with Crippen LogP contribution >= 0.6 is 11.6 Å². The number of nitrogens with zero attached hydrogens (tertiary/aromatic N) is 4. The topological polar surface area (TPSA) is 68.8 Å². The highest BCUT2D eigenvalue weighted by molar-refractivity contribution is 6.30. The van der Waals surface area contributed by atoms with E-state index in [-0.39, 0.29) is 0 Å². The SMILES string of the molecule is Cn1cc(CNCCc2nc(-c3ccc(Cl)cc3)no2)cn1. The standard InChI is InChI=1S/C15H16ClN5O/c1-21-10-11(9-18-21)8-17-7-6-14-19-15(20-22-14)12-2-4-13(16)5-3-12/h2-5,9-10,17H,6-8H2,1H3. The van der Waals surface area contributed by atoms with Gasteiger partial charge in [-0.25, -0.2) is 0 Å².